The van der Waals surface area contributed by atoms with Gasteiger partial charge in [0, 0.05) is 11.1 Å². The van der Waals surface area contributed by atoms with Gasteiger partial charge in [0.15, 0.2) is 0 Å². The van der Waals surface area contributed by atoms with Crippen molar-refractivity contribution in [2.24, 2.45) is 0 Å². The van der Waals surface area contributed by atoms with Gasteiger partial charge in [-0.15, -0.1) is 0 Å². The minimum atomic E-state index is 0.797. The second-order valence-corrected chi connectivity index (χ2v) is 3.50. The number of rotatable bonds is 3. The fourth-order valence-corrected chi connectivity index (χ4v) is 1.55. The van der Waals surface area contributed by atoms with Crippen LogP contribution >= 0.6 is 11.6 Å². The van der Waals surface area contributed by atoms with E-state index in [1.807, 2.05) is 30.3 Å². The number of aromatic nitrogens is 2. The molecule has 2 nitrogen and oxygen atoms in total. The summed E-state index contributed by atoms with van der Waals surface area (Å²) in [5.41, 5.74) is 4.32. The van der Waals surface area contributed by atoms with E-state index < -0.39 is 0 Å². The van der Waals surface area contributed by atoms with Gasteiger partial charge < -0.3 is 4.98 Å². The van der Waals surface area contributed by atoms with Crippen molar-refractivity contribution in [1.82, 2.24) is 9.97 Å². The van der Waals surface area contributed by atoms with Crippen LogP contribution in [0, 0.1) is 0 Å². The van der Waals surface area contributed by atoms with Crippen LogP contribution in [0.15, 0.2) is 54.6 Å². The largest absolute Gasteiger partial charge is 0.338 e. The molecule has 1 aromatic heterocycles. The molecule has 0 bridgehead atoms. The Bertz CT molecular complexity index is 531. The summed E-state index contributed by atoms with van der Waals surface area (Å²) in [6.07, 6.45) is 5.35. The molecule has 2 rings (SSSR count). The Balaban J connectivity index is 2.49. The number of para-hydroxylation sites is 2. The molecule has 0 aliphatic carbocycles. The Labute approximate surface area is 99.0 Å². The Kier molecular flexibility index (Phi) is 3.22. The van der Waals surface area contributed by atoms with E-state index in [2.05, 4.69) is 16.5 Å². The first-order chi connectivity index (χ1) is 7.85. The average molecular weight is 231 g/mol. The Morgan fingerprint density at radius 3 is 2.88 bits per heavy atom. The molecule has 0 saturated carbocycles. The molecule has 3 heteroatoms. The molecule has 0 aliphatic heterocycles. The Morgan fingerprint density at radius 2 is 2.19 bits per heavy atom. The van der Waals surface area contributed by atoms with E-state index in [0.717, 1.165) is 22.4 Å². The molecule has 0 fully saturated rings. The molecule has 1 N–H and O–H groups in total. The number of benzene rings is 1. The molecule has 0 spiro atoms. The van der Waals surface area contributed by atoms with Crippen molar-refractivity contribution in [2.45, 2.75) is 0 Å². The number of fused-ring (bicyclic) bond motifs is 1. The Hall–Kier alpha value is -1.80. The zero-order chi connectivity index (χ0) is 11.4. The lowest BCUT2D eigenvalue weighted by Gasteiger charge is -1.93. The maximum absolute atomic E-state index is 5.48. The predicted molar refractivity (Wildman–Crippen MR) is 69.3 cm³/mol. The molecule has 0 aliphatic rings. The van der Waals surface area contributed by atoms with Crippen molar-refractivity contribution < 1.29 is 0 Å². The summed E-state index contributed by atoms with van der Waals surface area (Å²) in [7, 11) is 0. The summed E-state index contributed by atoms with van der Waals surface area (Å²) >= 11 is 5.48. The summed E-state index contributed by atoms with van der Waals surface area (Å²) in [6.45, 7) is 3.76. The molecular formula is C13H11ClN2. The van der Waals surface area contributed by atoms with Crippen molar-refractivity contribution in [3.63, 3.8) is 0 Å². The average Bonchev–Trinajstić information content (AvgIpc) is 2.73. The third-order valence-corrected chi connectivity index (χ3v) is 2.38. The van der Waals surface area contributed by atoms with Crippen LogP contribution < -0.4 is 0 Å². The zero-order valence-corrected chi connectivity index (χ0v) is 9.41. The summed E-state index contributed by atoms with van der Waals surface area (Å²) in [4.78, 5) is 7.69. The molecule has 1 heterocycles. The second-order valence-electron chi connectivity index (χ2n) is 3.25. The number of aromatic amines is 1. The van der Waals surface area contributed by atoms with E-state index in [0.29, 0.717) is 0 Å². The minimum Gasteiger partial charge on any atom is -0.338 e. The van der Waals surface area contributed by atoms with Crippen molar-refractivity contribution in [2.75, 3.05) is 0 Å². The maximum atomic E-state index is 5.48. The molecule has 0 unspecified atom stereocenters. The lowest BCUT2D eigenvalue weighted by Crippen LogP contribution is -1.82. The van der Waals surface area contributed by atoms with Crippen LogP contribution in [-0.4, -0.2) is 9.97 Å². The summed E-state index contributed by atoms with van der Waals surface area (Å²) in [5.74, 6) is 0.797. The molecule has 0 saturated heterocycles. The number of imidazole rings is 1. The molecule has 0 atom stereocenters. The van der Waals surface area contributed by atoms with Crippen LogP contribution in [0.4, 0.5) is 0 Å². The van der Waals surface area contributed by atoms with Gasteiger partial charge in [-0.2, -0.15) is 0 Å². The van der Waals surface area contributed by atoms with Gasteiger partial charge in [0.1, 0.15) is 5.82 Å². The van der Waals surface area contributed by atoms with E-state index in [-0.39, 0.29) is 0 Å². The molecule has 0 radical (unpaired) electrons. The molecule has 80 valence electrons. The van der Waals surface area contributed by atoms with Crippen LogP contribution in [0.1, 0.15) is 5.82 Å². The van der Waals surface area contributed by atoms with E-state index in [9.17, 15) is 0 Å². The smallest absolute Gasteiger partial charge is 0.138 e. The van der Waals surface area contributed by atoms with Gasteiger partial charge in [0.25, 0.3) is 0 Å². The minimum absolute atomic E-state index is 0.797. The summed E-state index contributed by atoms with van der Waals surface area (Å²) in [5, 5.41) is 0. The van der Waals surface area contributed by atoms with E-state index in [1.54, 1.807) is 12.2 Å². The van der Waals surface area contributed by atoms with Gasteiger partial charge in [0.2, 0.25) is 0 Å². The van der Waals surface area contributed by atoms with Gasteiger partial charge in [0.05, 0.1) is 11.0 Å². The van der Waals surface area contributed by atoms with Crippen LogP contribution in [0.25, 0.3) is 16.6 Å². The number of hydrogen-bond donors (Lipinski definition) is 1. The number of H-pyrrole nitrogens is 1. The topological polar surface area (TPSA) is 28.7 Å². The number of allylic oxidation sites excluding steroid dienone is 4. The first-order valence-corrected chi connectivity index (χ1v) is 5.33. The number of nitrogens with zero attached hydrogens (tertiary/aromatic N) is 1. The quantitative estimate of drug-likeness (QED) is 0.797. The van der Waals surface area contributed by atoms with Crippen LogP contribution in [0.2, 0.25) is 0 Å². The second kappa shape index (κ2) is 4.81. The molecule has 2 aromatic rings. The van der Waals surface area contributed by atoms with Gasteiger partial charge in [-0.3, -0.25) is 0 Å². The third-order valence-electron chi connectivity index (χ3n) is 2.23. The highest BCUT2D eigenvalue weighted by Crippen LogP contribution is 2.17. The van der Waals surface area contributed by atoms with Crippen LogP contribution in [-0.2, 0) is 0 Å². The first kappa shape index (κ1) is 10.7. The Morgan fingerprint density at radius 1 is 1.38 bits per heavy atom. The van der Waals surface area contributed by atoms with Crippen LogP contribution in [0.5, 0.6) is 0 Å². The zero-order valence-electron chi connectivity index (χ0n) is 8.65. The van der Waals surface area contributed by atoms with Gasteiger partial charge in [-0.25, -0.2) is 4.98 Å². The highest BCUT2D eigenvalue weighted by molar-refractivity contribution is 6.25. The third kappa shape index (κ3) is 2.07. The molecule has 16 heavy (non-hydrogen) atoms. The molecular weight excluding hydrogens is 220 g/mol. The fourth-order valence-electron chi connectivity index (χ4n) is 1.47. The van der Waals surface area contributed by atoms with E-state index >= 15 is 0 Å². The van der Waals surface area contributed by atoms with Gasteiger partial charge >= 0.3 is 0 Å². The van der Waals surface area contributed by atoms with Crippen molar-refractivity contribution in [3.05, 3.63) is 60.4 Å². The highest BCUT2D eigenvalue weighted by atomic mass is 35.5. The lowest BCUT2D eigenvalue weighted by molar-refractivity contribution is 1.27. The predicted octanol–water partition coefficient (Wildman–Crippen LogP) is 3.88. The highest BCUT2D eigenvalue weighted by Gasteiger charge is 2.03. The van der Waals surface area contributed by atoms with Crippen LogP contribution in [0.3, 0.4) is 0 Å². The van der Waals surface area contributed by atoms with E-state index in [1.165, 1.54) is 5.54 Å². The molecule has 1 aromatic carbocycles. The monoisotopic (exact) mass is 230 g/mol. The normalized spacial score (nSPS) is 12.4. The van der Waals surface area contributed by atoms with Gasteiger partial charge in [-0.05, 0) is 12.1 Å². The van der Waals surface area contributed by atoms with Crippen molar-refractivity contribution in [3.8, 4) is 0 Å². The number of nitrogens with one attached hydrogen (secondary N) is 1. The van der Waals surface area contributed by atoms with Crippen molar-refractivity contribution in [1.29, 1.82) is 0 Å². The van der Waals surface area contributed by atoms with E-state index in [4.69, 9.17) is 11.6 Å². The SMILES string of the molecule is C=C/C(=C\C=C\Cl)c1nc2ccccc2[nH]1. The lowest BCUT2D eigenvalue weighted by atomic mass is 10.2. The molecule has 0 amide bonds. The fraction of sp³-hybridized carbons (Fsp3) is 0. The van der Waals surface area contributed by atoms with Gasteiger partial charge in [-0.1, -0.05) is 48.5 Å². The number of halogens is 1. The van der Waals surface area contributed by atoms with Crippen molar-refractivity contribution >= 4 is 28.2 Å². The standard InChI is InChI=1S/C13H11ClN2/c1-2-10(6-5-9-14)13-15-11-7-3-4-8-12(11)16-13/h2-9H,1H2,(H,15,16)/b9-5+,10-6+. The number of hydrogen-bond acceptors (Lipinski definition) is 1. The summed E-state index contributed by atoms with van der Waals surface area (Å²) in [6, 6.07) is 7.89. The maximum Gasteiger partial charge on any atom is 0.138 e. The first-order valence-electron chi connectivity index (χ1n) is 4.90. The summed E-state index contributed by atoms with van der Waals surface area (Å²) < 4.78 is 0.